The Bertz CT molecular complexity index is 68.7. The Balaban J connectivity index is -0.0000000153. The van der Waals surface area contributed by atoms with Gasteiger partial charge in [-0.3, -0.25) is 0 Å². The first-order valence-corrected chi connectivity index (χ1v) is 3.97. The van der Waals surface area contributed by atoms with E-state index in [0.29, 0.717) is 24.3 Å². The van der Waals surface area contributed by atoms with E-state index in [9.17, 15) is 0 Å². The molecule has 0 aromatic rings. The Morgan fingerprint density at radius 3 is 1.00 bits per heavy atom. The van der Waals surface area contributed by atoms with Crippen molar-refractivity contribution in [2.24, 2.45) is 0 Å². The molecule has 1 radical (unpaired) electrons. The van der Waals surface area contributed by atoms with E-state index in [4.69, 9.17) is 33.9 Å². The Hall–Kier alpha value is 1.21. The Morgan fingerprint density at radius 2 is 1.00 bits per heavy atom. The van der Waals surface area contributed by atoms with Crippen LogP contribution in [0.15, 0.2) is 0 Å². The van der Waals surface area contributed by atoms with Crippen molar-refractivity contribution < 1.29 is 33.0 Å². The maximum atomic E-state index is 6.25. The molecule has 0 spiro atoms. The molecule has 0 aromatic heterocycles. The molecule has 0 amide bonds. The van der Waals surface area contributed by atoms with Crippen LogP contribution in [0.4, 0.5) is 0 Å². The van der Waals surface area contributed by atoms with Gasteiger partial charge in [0, 0.05) is 16.5 Å². The van der Waals surface area contributed by atoms with Crippen LogP contribution in [0, 0.1) is 23.7 Å². The predicted octanol–water partition coefficient (Wildman–Crippen LogP) is 3.83. The maximum absolute atomic E-state index is 6.25. The summed E-state index contributed by atoms with van der Waals surface area (Å²) in [5, 5.41) is 24.8. The number of rotatable bonds is 2. The van der Waals surface area contributed by atoms with Crippen LogP contribution in [-0.4, -0.2) is 0 Å². The van der Waals surface area contributed by atoms with Crippen molar-refractivity contribution in [2.75, 3.05) is 0 Å². The first-order chi connectivity index (χ1) is 5.83. The minimum absolute atomic E-state index is 0. The molecule has 0 bridgehead atoms. The third-order valence-electron chi connectivity index (χ3n) is 0.0816. The van der Waals surface area contributed by atoms with Crippen molar-refractivity contribution in [3.05, 3.63) is 31.7 Å². The normalized spacial score (nSPS) is 4.57. The summed E-state index contributed by atoms with van der Waals surface area (Å²) in [6, 6.07) is 0. The molecule has 0 heterocycles. The van der Waals surface area contributed by atoms with Gasteiger partial charge in [-0.1, -0.05) is 0 Å². The van der Waals surface area contributed by atoms with Crippen molar-refractivity contribution >= 4 is 49.9 Å². The third kappa shape index (κ3) is 191. The second-order valence-corrected chi connectivity index (χ2v) is 2.02. The molecule has 0 saturated heterocycles. The van der Waals surface area contributed by atoms with Gasteiger partial charge in [-0.15, -0.1) is 0 Å². The SMILES string of the molecule is [C-]#N.[C-]#N.[NH-]S[N-]S.[NH-]S[N-]S.[Ni+3].[Ni]. The molecule has 0 aromatic carbocycles. The van der Waals surface area contributed by atoms with Crippen LogP contribution in [0.3, 0.4) is 0 Å². The quantitative estimate of drug-likeness (QED) is 0.337. The van der Waals surface area contributed by atoms with Gasteiger partial charge in [0.2, 0.25) is 0 Å². The summed E-state index contributed by atoms with van der Waals surface area (Å²) >= 11 is 7.83. The van der Waals surface area contributed by atoms with E-state index in [0.717, 1.165) is 0 Å². The van der Waals surface area contributed by atoms with E-state index in [2.05, 4.69) is 33.9 Å². The summed E-state index contributed by atoms with van der Waals surface area (Å²) in [6.45, 7) is 9.50. The van der Waals surface area contributed by atoms with Crippen LogP contribution in [0.2, 0.25) is 0 Å². The van der Waals surface area contributed by atoms with Gasteiger partial charge in [-0.2, -0.15) is 0 Å². The molecule has 89 valence electrons. The van der Waals surface area contributed by atoms with E-state index < -0.39 is 0 Å². The molecule has 0 fully saturated rings. The number of nitrogens with one attached hydrogen (secondary N) is 2. The van der Waals surface area contributed by atoms with Gasteiger partial charge in [-0.25, -0.2) is 0 Å². The van der Waals surface area contributed by atoms with Crippen LogP contribution < -0.4 is 0 Å². The maximum Gasteiger partial charge on any atom is 3.00 e. The number of thiol groups is 2. The second kappa shape index (κ2) is 91.4. The minimum atomic E-state index is 0. The molecule has 0 unspecified atom stereocenters. The van der Waals surface area contributed by atoms with E-state index >= 15 is 0 Å². The van der Waals surface area contributed by atoms with E-state index in [1.807, 2.05) is 0 Å². The Labute approximate surface area is 124 Å². The van der Waals surface area contributed by atoms with Crippen molar-refractivity contribution in [3.63, 3.8) is 0 Å². The monoisotopic (exact) mass is 356 g/mol. The molecule has 0 saturated carbocycles. The van der Waals surface area contributed by atoms with Crippen molar-refractivity contribution in [1.82, 2.24) is 0 Å². The van der Waals surface area contributed by atoms with Gasteiger partial charge < -0.3 is 92.1 Å². The first-order valence-electron chi connectivity index (χ1n) is 1.62. The van der Waals surface area contributed by atoms with Gasteiger partial charge in [0.1, 0.15) is 0 Å². The summed E-state index contributed by atoms with van der Waals surface area (Å²) in [7, 11) is 0. The van der Waals surface area contributed by atoms with Crippen LogP contribution in [0.1, 0.15) is 0 Å². The van der Waals surface area contributed by atoms with Crippen LogP contribution in [0.5, 0.6) is 0 Å². The van der Waals surface area contributed by atoms with Gasteiger partial charge in [0.15, 0.2) is 0 Å². The molecule has 14 heavy (non-hydrogen) atoms. The summed E-state index contributed by atoms with van der Waals surface area (Å²) < 4.78 is 6.03. The van der Waals surface area contributed by atoms with E-state index in [1.54, 1.807) is 0 Å². The van der Waals surface area contributed by atoms with Crippen LogP contribution in [0.25, 0.3) is 18.5 Å². The van der Waals surface area contributed by atoms with Gasteiger partial charge in [0.25, 0.3) is 0 Å². The molecule has 6 nitrogen and oxygen atoms in total. The molecule has 0 aliphatic carbocycles. The summed E-state index contributed by atoms with van der Waals surface area (Å²) in [5.41, 5.74) is 0. The Morgan fingerprint density at radius 1 is 0.929 bits per heavy atom. The largest absolute Gasteiger partial charge is 3.00 e. The summed E-state index contributed by atoms with van der Waals surface area (Å²) in [6.07, 6.45) is 0. The fourth-order valence-electron chi connectivity index (χ4n) is 0. The van der Waals surface area contributed by atoms with Crippen molar-refractivity contribution in [3.8, 4) is 0 Å². The molecule has 2 N–H and O–H groups in total. The summed E-state index contributed by atoms with van der Waals surface area (Å²) in [4.78, 5) is 0. The first kappa shape index (κ1) is 36.2. The topological polar surface area (TPSA) is 123 Å². The average molecular weight is 358 g/mol. The average Bonchev–Trinajstić information content (AvgIpc) is 2.23. The predicted molar refractivity (Wildman–Crippen MR) is 58.5 cm³/mol. The molecule has 0 aliphatic heterocycles. The molecular weight excluding hydrogens is 354 g/mol. The zero-order valence-electron chi connectivity index (χ0n) is 6.13. The molecule has 0 rings (SSSR count). The minimum Gasteiger partial charge on any atom is -0.640 e. The molecule has 0 aliphatic rings. The van der Waals surface area contributed by atoms with E-state index in [-0.39, 0.29) is 33.0 Å². The number of hydrogen-bond acceptors (Lipinski definition) is 6. The standard InChI is InChI=1S/2CN.2H2N2S2.2Ni/c2*1-2;2*1-4-2-3;;/h;;2*1,3H;;/q2*-1;2*-2;;+3. The van der Waals surface area contributed by atoms with Crippen LogP contribution in [-0.2, 0) is 33.0 Å². The zero-order chi connectivity index (χ0) is 10.8. The van der Waals surface area contributed by atoms with Gasteiger partial charge in [-0.05, 0) is 0 Å². The fourth-order valence-corrected chi connectivity index (χ4v) is 0. The molecule has 12 heteroatoms. The van der Waals surface area contributed by atoms with Crippen LogP contribution >= 0.6 is 49.9 Å². The van der Waals surface area contributed by atoms with E-state index in [1.165, 1.54) is 0 Å². The number of nitrogens with zero attached hydrogens (tertiary/aromatic N) is 4. The fraction of sp³-hybridized carbons (Fsp3) is 0. The zero-order valence-corrected chi connectivity index (χ0v) is 11.5. The van der Waals surface area contributed by atoms with Crippen molar-refractivity contribution in [1.29, 1.82) is 10.5 Å². The Kier molecular flexibility index (Phi) is 236. The summed E-state index contributed by atoms with van der Waals surface area (Å²) in [5.74, 6) is 0. The molecule has 0 atom stereocenters. The third-order valence-corrected chi connectivity index (χ3v) is 0.735. The van der Waals surface area contributed by atoms with Crippen molar-refractivity contribution in [2.45, 2.75) is 0 Å². The van der Waals surface area contributed by atoms with Gasteiger partial charge in [0.05, 0.1) is 0 Å². The molecular formula is C2H4N6Ni2S4-3. The second-order valence-electron chi connectivity index (χ2n) is 0.346. The number of hydrogen-bond donors (Lipinski definition) is 2. The van der Waals surface area contributed by atoms with Gasteiger partial charge >= 0.3 is 16.5 Å². The smallest absolute Gasteiger partial charge is 0.640 e.